The third-order valence-corrected chi connectivity index (χ3v) is 7.41. The lowest BCUT2D eigenvalue weighted by Gasteiger charge is -2.30. The molecule has 1 N–H and O–H groups in total. The first-order valence-corrected chi connectivity index (χ1v) is 13.1. The molecule has 1 fully saturated rings. The normalized spacial score (nSPS) is 15.7. The van der Waals surface area contributed by atoms with Gasteiger partial charge < -0.3 is 9.88 Å². The van der Waals surface area contributed by atoms with Crippen molar-refractivity contribution < 1.29 is 26.4 Å². The van der Waals surface area contributed by atoms with Crippen molar-refractivity contribution in [3.8, 4) is 17.1 Å². The van der Waals surface area contributed by atoms with Crippen molar-refractivity contribution >= 4 is 33.4 Å². The van der Waals surface area contributed by atoms with Crippen molar-refractivity contribution in [3.05, 3.63) is 53.1 Å². The summed E-state index contributed by atoms with van der Waals surface area (Å²) in [5.41, 5.74) is -0.685. The average molecular weight is 543 g/mol. The summed E-state index contributed by atoms with van der Waals surface area (Å²) in [6.07, 6.45) is 0.687. The Morgan fingerprint density at radius 1 is 1.19 bits per heavy atom. The van der Waals surface area contributed by atoms with Crippen LogP contribution in [0.5, 0.6) is 0 Å². The van der Waals surface area contributed by atoms with Gasteiger partial charge in [-0.25, -0.2) is 27.7 Å². The lowest BCUT2D eigenvalue weighted by molar-refractivity contribution is -0.137. The molecule has 0 bridgehead atoms. The lowest BCUT2D eigenvalue weighted by Crippen LogP contribution is -2.42. The van der Waals surface area contributed by atoms with E-state index in [1.54, 1.807) is 12.1 Å². The predicted molar refractivity (Wildman–Crippen MR) is 128 cm³/mol. The average Bonchev–Trinajstić information content (AvgIpc) is 3.28. The number of anilines is 1. The summed E-state index contributed by atoms with van der Waals surface area (Å²) >= 11 is 6.28. The molecule has 14 heteroatoms. The first-order valence-electron chi connectivity index (χ1n) is 10.8. The van der Waals surface area contributed by atoms with Crippen molar-refractivity contribution in [3.63, 3.8) is 0 Å². The van der Waals surface area contributed by atoms with Gasteiger partial charge in [-0.05, 0) is 38.0 Å². The van der Waals surface area contributed by atoms with Gasteiger partial charge in [0.2, 0.25) is 16.0 Å². The van der Waals surface area contributed by atoms with E-state index in [9.17, 15) is 26.4 Å². The molecule has 192 valence electrons. The van der Waals surface area contributed by atoms with E-state index in [0.717, 1.165) is 6.26 Å². The zero-order chi connectivity index (χ0) is 26.3. The van der Waals surface area contributed by atoms with Crippen LogP contribution in [-0.4, -0.2) is 63.4 Å². The van der Waals surface area contributed by atoms with Gasteiger partial charge in [0.1, 0.15) is 23.3 Å². The number of halogens is 4. The molecule has 1 saturated heterocycles. The Hall–Kier alpha value is -3.03. The van der Waals surface area contributed by atoms with E-state index in [-0.39, 0.29) is 41.6 Å². The fourth-order valence-corrected chi connectivity index (χ4v) is 5.03. The molecule has 0 saturated carbocycles. The standard InChI is InChI=1S/C22H22ClF3N6O3S/c1-13(33)14-3-4-19(17(23)9-14)31-11-18(28-12-31)20-16(22(24,25)26)10-27-21(30-20)29-15-5-7-32(8-6-15)36(2,34)35/h3-4,9-12,15H,5-8H2,1-2H3,(H,27,29,30). The fourth-order valence-electron chi connectivity index (χ4n) is 3.88. The molecule has 9 nitrogen and oxygen atoms in total. The molecule has 3 aromatic rings. The number of imidazole rings is 1. The van der Waals surface area contributed by atoms with Crippen LogP contribution < -0.4 is 5.32 Å². The summed E-state index contributed by atoms with van der Waals surface area (Å²) < 4.78 is 67.4. The number of aromatic nitrogens is 4. The second-order valence-electron chi connectivity index (χ2n) is 8.42. The minimum Gasteiger partial charge on any atom is -0.351 e. The number of ketones is 1. The molecular weight excluding hydrogens is 521 g/mol. The highest BCUT2D eigenvalue weighted by Gasteiger charge is 2.36. The van der Waals surface area contributed by atoms with Crippen LogP contribution in [0.25, 0.3) is 17.1 Å². The van der Waals surface area contributed by atoms with E-state index in [2.05, 4.69) is 20.3 Å². The van der Waals surface area contributed by atoms with E-state index in [1.807, 2.05) is 0 Å². The van der Waals surface area contributed by atoms with Gasteiger partial charge in [0.15, 0.2) is 5.78 Å². The predicted octanol–water partition coefficient (Wildman–Crippen LogP) is 4.04. The quantitative estimate of drug-likeness (QED) is 0.468. The fraction of sp³-hybridized carbons (Fsp3) is 0.364. The minimum absolute atomic E-state index is 0.0193. The van der Waals surface area contributed by atoms with Gasteiger partial charge in [-0.3, -0.25) is 4.79 Å². The summed E-state index contributed by atoms with van der Waals surface area (Å²) in [6, 6.07) is 4.41. The third-order valence-electron chi connectivity index (χ3n) is 5.81. The van der Waals surface area contributed by atoms with Crippen LogP contribution in [0.3, 0.4) is 0 Å². The molecular formula is C22H22ClF3N6O3S. The second-order valence-corrected chi connectivity index (χ2v) is 10.8. The summed E-state index contributed by atoms with van der Waals surface area (Å²) in [4.78, 5) is 23.6. The highest BCUT2D eigenvalue weighted by molar-refractivity contribution is 7.88. The van der Waals surface area contributed by atoms with Crippen LogP contribution in [0.4, 0.5) is 19.1 Å². The van der Waals surface area contributed by atoms with Gasteiger partial charge in [-0.2, -0.15) is 13.2 Å². The van der Waals surface area contributed by atoms with Gasteiger partial charge in [0.05, 0.1) is 17.0 Å². The Balaban J connectivity index is 1.62. The molecule has 1 aromatic carbocycles. The van der Waals surface area contributed by atoms with Gasteiger partial charge in [0.25, 0.3) is 0 Å². The Kier molecular flexibility index (Phi) is 7.08. The molecule has 3 heterocycles. The minimum atomic E-state index is -4.72. The summed E-state index contributed by atoms with van der Waals surface area (Å²) in [6.45, 7) is 1.98. The van der Waals surface area contributed by atoms with Crippen LogP contribution >= 0.6 is 11.6 Å². The lowest BCUT2D eigenvalue weighted by atomic mass is 10.1. The van der Waals surface area contributed by atoms with Crippen molar-refractivity contribution in [1.29, 1.82) is 0 Å². The Labute approximate surface area is 210 Å². The van der Waals surface area contributed by atoms with Gasteiger partial charge in [0, 0.05) is 37.1 Å². The van der Waals surface area contributed by atoms with Crippen LogP contribution in [0.15, 0.2) is 36.9 Å². The number of hydrogen-bond donors (Lipinski definition) is 1. The number of rotatable bonds is 6. The number of nitrogens with zero attached hydrogens (tertiary/aromatic N) is 5. The van der Waals surface area contributed by atoms with Gasteiger partial charge in [-0.15, -0.1) is 0 Å². The molecule has 0 atom stereocenters. The number of piperidine rings is 1. The molecule has 0 radical (unpaired) electrons. The van der Waals surface area contributed by atoms with E-state index < -0.39 is 27.5 Å². The molecule has 4 rings (SSSR count). The number of Topliss-reactive ketones (excluding diaryl/α,β-unsaturated/α-hetero) is 1. The largest absolute Gasteiger partial charge is 0.420 e. The zero-order valence-electron chi connectivity index (χ0n) is 19.3. The molecule has 1 aliphatic rings. The first kappa shape index (κ1) is 26.0. The van der Waals surface area contributed by atoms with Crippen molar-refractivity contribution in [1.82, 2.24) is 23.8 Å². The Morgan fingerprint density at radius 3 is 2.47 bits per heavy atom. The summed E-state index contributed by atoms with van der Waals surface area (Å²) in [5.74, 6) is -0.193. The number of alkyl halides is 3. The van der Waals surface area contributed by atoms with Crippen molar-refractivity contribution in [2.45, 2.75) is 32.0 Å². The number of carbonyl (C=O) groups excluding carboxylic acids is 1. The van der Waals surface area contributed by atoms with Crippen LogP contribution in [0.2, 0.25) is 5.02 Å². The summed E-state index contributed by atoms with van der Waals surface area (Å²) in [7, 11) is -3.30. The Bertz CT molecular complexity index is 1400. The highest BCUT2D eigenvalue weighted by atomic mass is 35.5. The number of carbonyl (C=O) groups is 1. The number of sulfonamides is 1. The second kappa shape index (κ2) is 9.79. The van der Waals surface area contributed by atoms with E-state index >= 15 is 0 Å². The molecule has 0 unspecified atom stereocenters. The van der Waals surface area contributed by atoms with Crippen LogP contribution in [0.1, 0.15) is 35.7 Å². The maximum atomic E-state index is 13.7. The molecule has 0 spiro atoms. The van der Waals surface area contributed by atoms with E-state index in [4.69, 9.17) is 11.6 Å². The maximum absolute atomic E-state index is 13.7. The number of benzene rings is 1. The van der Waals surface area contributed by atoms with Gasteiger partial charge >= 0.3 is 6.18 Å². The van der Waals surface area contributed by atoms with E-state index in [1.165, 1.54) is 34.4 Å². The van der Waals surface area contributed by atoms with Gasteiger partial charge in [-0.1, -0.05) is 11.6 Å². The molecule has 0 aliphatic carbocycles. The van der Waals surface area contributed by atoms with Crippen molar-refractivity contribution in [2.24, 2.45) is 0 Å². The smallest absolute Gasteiger partial charge is 0.351 e. The van der Waals surface area contributed by atoms with Crippen LogP contribution in [-0.2, 0) is 16.2 Å². The molecule has 0 amide bonds. The monoisotopic (exact) mass is 542 g/mol. The first-order chi connectivity index (χ1) is 16.8. The third kappa shape index (κ3) is 5.68. The molecule has 2 aromatic heterocycles. The van der Waals surface area contributed by atoms with E-state index in [0.29, 0.717) is 30.3 Å². The Morgan fingerprint density at radius 2 is 1.89 bits per heavy atom. The SMILES string of the molecule is CC(=O)c1ccc(-n2cnc(-c3nc(NC4CCN(S(C)(=O)=O)CC4)ncc3C(F)(F)F)c2)c(Cl)c1. The zero-order valence-corrected chi connectivity index (χ0v) is 20.8. The molecule has 36 heavy (non-hydrogen) atoms. The summed E-state index contributed by atoms with van der Waals surface area (Å²) in [5, 5.41) is 3.24. The highest BCUT2D eigenvalue weighted by Crippen LogP contribution is 2.36. The topological polar surface area (TPSA) is 110 Å². The molecule has 1 aliphatic heterocycles. The van der Waals surface area contributed by atoms with Crippen LogP contribution in [0, 0.1) is 0 Å². The number of nitrogens with one attached hydrogen (secondary N) is 1. The maximum Gasteiger partial charge on any atom is 0.420 e. The number of hydrogen-bond acceptors (Lipinski definition) is 7. The van der Waals surface area contributed by atoms with Crippen molar-refractivity contribution in [2.75, 3.05) is 24.7 Å².